The number of nitrogens with zero attached hydrogens (tertiary/aromatic N) is 3. The molecule has 1 saturated heterocycles. The number of alkyl halides is 3. The Kier molecular flexibility index (Phi) is 10.1. The van der Waals surface area contributed by atoms with E-state index in [2.05, 4.69) is 25.9 Å². The lowest BCUT2D eigenvalue weighted by Crippen LogP contribution is -2.50. The Bertz CT molecular complexity index is 1580. The number of benzene rings is 2. The van der Waals surface area contributed by atoms with Gasteiger partial charge in [-0.25, -0.2) is 19.6 Å². The third kappa shape index (κ3) is 9.20. The number of likely N-dealkylation sites (tertiary alicyclic amines) is 1. The summed E-state index contributed by atoms with van der Waals surface area (Å²) < 4.78 is 44.8. The van der Waals surface area contributed by atoms with Gasteiger partial charge in [0.2, 0.25) is 0 Å². The Labute approximate surface area is 262 Å². The first-order valence-electron chi connectivity index (χ1n) is 14.0. The van der Waals surface area contributed by atoms with Crippen molar-refractivity contribution in [3.05, 3.63) is 70.5 Å². The number of hydrogen-bond donors (Lipinski definition) is 4. The second-order valence-electron chi connectivity index (χ2n) is 11.4. The van der Waals surface area contributed by atoms with Gasteiger partial charge >= 0.3 is 18.3 Å². The number of carbonyl (C=O) groups is 3. The molecule has 240 valence electrons. The topological polar surface area (TPSA) is 152 Å². The third-order valence-corrected chi connectivity index (χ3v) is 6.96. The molecule has 1 aliphatic rings. The van der Waals surface area contributed by atoms with E-state index in [1.807, 2.05) is 0 Å². The number of halogens is 4. The lowest BCUT2D eigenvalue weighted by molar-refractivity contribution is -0.137. The smallest absolute Gasteiger partial charge is 0.417 e. The predicted molar refractivity (Wildman–Crippen MR) is 162 cm³/mol. The van der Waals surface area contributed by atoms with Crippen LogP contribution in [0.15, 0.2) is 48.7 Å². The van der Waals surface area contributed by atoms with Crippen LogP contribution in [-0.2, 0) is 17.5 Å². The summed E-state index contributed by atoms with van der Waals surface area (Å²) in [5, 5.41) is 7.35. The molecule has 5 N–H and O–H groups in total. The number of aromatic nitrogens is 2. The molecule has 2 aromatic carbocycles. The molecular formula is C30H33ClF3N7O4. The molecule has 3 aromatic rings. The lowest BCUT2D eigenvalue weighted by Gasteiger charge is -2.34. The molecule has 4 amide bonds. The number of hydrogen-bond acceptors (Lipinski definition) is 7. The van der Waals surface area contributed by atoms with Gasteiger partial charge in [-0.3, -0.25) is 4.79 Å². The van der Waals surface area contributed by atoms with E-state index in [9.17, 15) is 27.6 Å². The molecular weight excluding hydrogens is 615 g/mol. The summed E-state index contributed by atoms with van der Waals surface area (Å²) in [5.74, 6) is -0.607. The Morgan fingerprint density at radius 3 is 2.60 bits per heavy atom. The van der Waals surface area contributed by atoms with Crippen LogP contribution in [0.1, 0.15) is 55.2 Å². The van der Waals surface area contributed by atoms with Crippen LogP contribution in [0.3, 0.4) is 0 Å². The van der Waals surface area contributed by atoms with Gasteiger partial charge in [0.15, 0.2) is 11.5 Å². The molecule has 2 heterocycles. The molecule has 1 fully saturated rings. The lowest BCUT2D eigenvalue weighted by atomic mass is 10.1. The van der Waals surface area contributed by atoms with Crippen molar-refractivity contribution in [2.45, 2.75) is 58.0 Å². The zero-order valence-electron chi connectivity index (χ0n) is 24.8. The number of carbonyl (C=O) groups excluding carboxylic acids is 3. The highest BCUT2D eigenvalue weighted by atomic mass is 35.5. The summed E-state index contributed by atoms with van der Waals surface area (Å²) in [6.07, 6.45) is -2.37. The van der Waals surface area contributed by atoms with Gasteiger partial charge in [0.05, 0.1) is 22.5 Å². The van der Waals surface area contributed by atoms with Crippen LogP contribution in [0, 0.1) is 0 Å². The van der Waals surface area contributed by atoms with Gasteiger partial charge in [-0.2, -0.15) is 13.2 Å². The van der Waals surface area contributed by atoms with E-state index >= 15 is 0 Å². The molecule has 1 unspecified atom stereocenters. The monoisotopic (exact) mass is 647 g/mol. The average molecular weight is 648 g/mol. The van der Waals surface area contributed by atoms with Gasteiger partial charge in [0.1, 0.15) is 5.60 Å². The van der Waals surface area contributed by atoms with E-state index in [1.165, 1.54) is 12.3 Å². The minimum Gasteiger partial charge on any atom is -0.444 e. The number of nitrogens with two attached hydrogens (primary N) is 1. The molecule has 4 rings (SSSR count). The number of anilines is 2. The van der Waals surface area contributed by atoms with Crippen LogP contribution in [-0.4, -0.2) is 57.6 Å². The number of rotatable bonds is 6. The van der Waals surface area contributed by atoms with Crippen molar-refractivity contribution in [2.24, 2.45) is 0 Å². The molecule has 1 aliphatic heterocycles. The van der Waals surface area contributed by atoms with Gasteiger partial charge in [-0.15, -0.1) is 0 Å². The van der Waals surface area contributed by atoms with Crippen LogP contribution in [0.5, 0.6) is 0 Å². The van der Waals surface area contributed by atoms with Crippen molar-refractivity contribution < 1.29 is 32.3 Å². The van der Waals surface area contributed by atoms with Crippen molar-refractivity contribution in [1.29, 1.82) is 0 Å². The Balaban J connectivity index is 1.39. The summed E-state index contributed by atoms with van der Waals surface area (Å²) in [6, 6.07) is 8.89. The molecule has 11 nitrogen and oxygen atoms in total. The van der Waals surface area contributed by atoms with E-state index in [4.69, 9.17) is 22.1 Å². The minimum absolute atomic E-state index is 0.0327. The number of piperidine rings is 1. The van der Waals surface area contributed by atoms with Crippen LogP contribution in [0.4, 0.5) is 34.3 Å². The fourth-order valence-corrected chi connectivity index (χ4v) is 4.79. The van der Waals surface area contributed by atoms with E-state index in [0.29, 0.717) is 36.2 Å². The average Bonchev–Trinajstić information content (AvgIpc) is 2.96. The van der Waals surface area contributed by atoms with Crippen molar-refractivity contribution >= 4 is 41.1 Å². The summed E-state index contributed by atoms with van der Waals surface area (Å²) in [6.45, 7) is 6.18. The number of amides is 4. The zero-order valence-corrected chi connectivity index (χ0v) is 25.6. The molecule has 1 atom stereocenters. The number of ether oxygens (including phenoxy) is 1. The van der Waals surface area contributed by atoms with E-state index in [-0.39, 0.29) is 36.3 Å². The van der Waals surface area contributed by atoms with Crippen LogP contribution in [0.2, 0.25) is 5.02 Å². The summed E-state index contributed by atoms with van der Waals surface area (Å²) in [7, 11) is 0. The summed E-state index contributed by atoms with van der Waals surface area (Å²) in [4.78, 5) is 48.2. The van der Waals surface area contributed by atoms with Gasteiger partial charge in [0, 0.05) is 36.9 Å². The highest BCUT2D eigenvalue weighted by Gasteiger charge is 2.33. The summed E-state index contributed by atoms with van der Waals surface area (Å²) >= 11 is 5.63. The van der Waals surface area contributed by atoms with E-state index < -0.39 is 40.4 Å². The first-order chi connectivity index (χ1) is 21.1. The van der Waals surface area contributed by atoms with E-state index in [0.717, 1.165) is 12.1 Å². The Morgan fingerprint density at radius 1 is 1.13 bits per heavy atom. The maximum atomic E-state index is 13.2. The van der Waals surface area contributed by atoms with Gasteiger partial charge < -0.3 is 31.3 Å². The molecule has 0 spiro atoms. The van der Waals surface area contributed by atoms with Gasteiger partial charge in [-0.05, 0) is 63.4 Å². The first-order valence-corrected chi connectivity index (χ1v) is 14.4. The van der Waals surface area contributed by atoms with Crippen molar-refractivity contribution in [2.75, 3.05) is 24.1 Å². The fourth-order valence-electron chi connectivity index (χ4n) is 4.56. The Morgan fingerprint density at radius 2 is 1.89 bits per heavy atom. The normalized spacial score (nSPS) is 15.3. The van der Waals surface area contributed by atoms with E-state index in [1.54, 1.807) is 49.9 Å². The van der Waals surface area contributed by atoms with Crippen molar-refractivity contribution in [1.82, 2.24) is 25.5 Å². The highest BCUT2D eigenvalue weighted by molar-refractivity contribution is 6.31. The van der Waals surface area contributed by atoms with Crippen LogP contribution in [0.25, 0.3) is 11.3 Å². The number of urea groups is 1. The molecule has 1 aromatic heterocycles. The number of nitrogens with one attached hydrogen (secondary N) is 3. The molecule has 0 bridgehead atoms. The molecule has 0 radical (unpaired) electrons. The zero-order chi connectivity index (χ0) is 32.9. The van der Waals surface area contributed by atoms with Crippen molar-refractivity contribution in [3.63, 3.8) is 0 Å². The SMILES string of the molecule is CC(C)(C)OC(=O)N1CCCC(NC(=O)c2nc(-c3cccc(CNC(=O)Nc4ccc(Cl)c(C(F)(F)F)c4)c3)cnc2N)C1. The molecule has 15 heteroatoms. The Hall–Kier alpha value is -4.59. The minimum atomic E-state index is -4.67. The maximum Gasteiger partial charge on any atom is 0.417 e. The first kappa shape index (κ1) is 33.3. The predicted octanol–water partition coefficient (Wildman–Crippen LogP) is 5.85. The van der Waals surface area contributed by atoms with Crippen molar-refractivity contribution in [3.8, 4) is 11.3 Å². The number of nitrogen functional groups attached to an aromatic ring is 1. The largest absolute Gasteiger partial charge is 0.444 e. The molecule has 0 saturated carbocycles. The highest BCUT2D eigenvalue weighted by Crippen LogP contribution is 2.36. The van der Waals surface area contributed by atoms with Crippen LogP contribution < -0.4 is 21.7 Å². The molecule has 0 aliphatic carbocycles. The second kappa shape index (κ2) is 13.6. The fraction of sp³-hybridized carbons (Fsp3) is 0.367. The standard InChI is InChI=1S/C30H33ClF3N7O4/c1-29(2,3)45-28(44)41-11-5-8-20(16-41)38-26(42)24-25(35)36-15-23(40-24)18-7-4-6-17(12-18)14-37-27(43)39-19-9-10-22(31)21(13-19)30(32,33)34/h4,6-7,9-10,12-13,15,20H,5,8,11,14,16H2,1-3H3,(H2,35,36)(H,38,42)(H2,37,39,43). The maximum absolute atomic E-state index is 13.2. The second-order valence-corrected chi connectivity index (χ2v) is 11.8. The summed E-state index contributed by atoms with van der Waals surface area (Å²) in [5.41, 5.74) is 5.71. The van der Waals surface area contributed by atoms with Crippen LogP contribution >= 0.6 is 11.6 Å². The van der Waals surface area contributed by atoms with Gasteiger partial charge in [0.25, 0.3) is 5.91 Å². The molecule has 45 heavy (non-hydrogen) atoms. The third-order valence-electron chi connectivity index (χ3n) is 6.63. The quantitative estimate of drug-likeness (QED) is 0.262. The van der Waals surface area contributed by atoms with Gasteiger partial charge in [-0.1, -0.05) is 29.8 Å².